The van der Waals surface area contributed by atoms with Crippen LogP contribution in [0.15, 0.2) is 68.1 Å². The summed E-state index contributed by atoms with van der Waals surface area (Å²) >= 11 is 9.17. The number of furan rings is 1. The first-order valence-electron chi connectivity index (χ1n) is 9.32. The number of carboxylic acid groups (broad SMARTS) is 1. The van der Waals surface area contributed by atoms with Crippen molar-refractivity contribution >= 4 is 62.6 Å². The predicted octanol–water partition coefficient (Wildman–Crippen LogP) is 4.44. The van der Waals surface area contributed by atoms with Gasteiger partial charge in [0.25, 0.3) is 11.6 Å². The maximum absolute atomic E-state index is 13.0. The van der Waals surface area contributed by atoms with Crippen LogP contribution in [0.3, 0.4) is 0 Å². The molecule has 0 unspecified atom stereocenters. The van der Waals surface area contributed by atoms with Crippen LogP contribution in [0.1, 0.15) is 23.0 Å². The first-order chi connectivity index (χ1) is 15.7. The molecule has 0 saturated heterocycles. The van der Waals surface area contributed by atoms with Crippen LogP contribution in [0, 0.1) is 10.1 Å². The second-order valence-corrected chi connectivity index (χ2v) is 8.20. The van der Waals surface area contributed by atoms with Crippen LogP contribution in [0.5, 0.6) is 0 Å². The summed E-state index contributed by atoms with van der Waals surface area (Å²) in [4.78, 5) is 34.6. The second-order valence-electron chi connectivity index (χ2n) is 6.94. The number of non-ortho nitro benzene ring substituents is 1. The van der Waals surface area contributed by atoms with Crippen molar-refractivity contribution in [3.05, 3.63) is 85.0 Å². The van der Waals surface area contributed by atoms with Gasteiger partial charge in [0.1, 0.15) is 11.5 Å². The molecule has 11 heteroatoms. The van der Waals surface area contributed by atoms with E-state index >= 15 is 0 Å². The third-order valence-corrected chi connectivity index (χ3v) is 5.80. The van der Waals surface area contributed by atoms with E-state index in [2.05, 4.69) is 21.0 Å². The Morgan fingerprint density at radius 3 is 2.64 bits per heavy atom. The SMILES string of the molecule is CC1=NN(c2ccc(Cl)c(C(=O)[O-])c2)C(=O)C1=Cc1ccc(-c2ccc([N+](=O)[O-])cc2Br)o1. The van der Waals surface area contributed by atoms with Gasteiger partial charge >= 0.3 is 0 Å². The van der Waals surface area contributed by atoms with E-state index < -0.39 is 16.8 Å². The Labute approximate surface area is 199 Å². The maximum Gasteiger partial charge on any atom is 0.280 e. The minimum atomic E-state index is -1.47. The zero-order valence-electron chi connectivity index (χ0n) is 16.7. The molecule has 0 bridgehead atoms. The number of amides is 1. The average molecular weight is 530 g/mol. The van der Waals surface area contributed by atoms with Crippen molar-refractivity contribution in [1.82, 2.24) is 0 Å². The molecule has 166 valence electrons. The molecule has 1 aromatic heterocycles. The fraction of sp³-hybridized carbons (Fsp3) is 0.0455. The largest absolute Gasteiger partial charge is 0.545 e. The van der Waals surface area contributed by atoms with Crippen molar-refractivity contribution in [2.75, 3.05) is 5.01 Å². The van der Waals surface area contributed by atoms with Crippen LogP contribution < -0.4 is 10.1 Å². The lowest BCUT2D eigenvalue weighted by Crippen LogP contribution is -2.25. The Morgan fingerprint density at radius 2 is 1.97 bits per heavy atom. The molecule has 33 heavy (non-hydrogen) atoms. The fourth-order valence-electron chi connectivity index (χ4n) is 3.20. The summed E-state index contributed by atoms with van der Waals surface area (Å²) < 4.78 is 6.30. The molecule has 1 aliphatic heterocycles. The standard InChI is InChI=1S/C22H13BrClN3O6/c1-11-16(21(28)26(25-11)12-3-6-19(24)17(8-12)22(29)30)10-14-4-7-20(33-14)15-5-2-13(27(31)32)9-18(15)23/h2-10H,1H3,(H,29,30)/p-1. The number of nitro benzene ring substituents is 1. The number of carbonyl (C=O) groups excluding carboxylic acids is 2. The lowest BCUT2D eigenvalue weighted by Gasteiger charge is -2.14. The van der Waals surface area contributed by atoms with Crippen LogP contribution in [-0.2, 0) is 4.79 Å². The number of benzene rings is 2. The molecule has 0 fully saturated rings. The van der Waals surface area contributed by atoms with Gasteiger partial charge in [-0.2, -0.15) is 10.1 Å². The van der Waals surface area contributed by atoms with Gasteiger partial charge in [-0.15, -0.1) is 0 Å². The molecule has 9 nitrogen and oxygen atoms in total. The van der Waals surface area contributed by atoms with Crippen molar-refractivity contribution < 1.29 is 24.0 Å². The Kier molecular flexibility index (Phi) is 5.88. The molecule has 0 N–H and O–H groups in total. The van der Waals surface area contributed by atoms with Gasteiger partial charge in [0.2, 0.25) is 0 Å². The minimum Gasteiger partial charge on any atom is -0.545 e. The van der Waals surface area contributed by atoms with Crippen molar-refractivity contribution in [2.24, 2.45) is 5.10 Å². The van der Waals surface area contributed by atoms with E-state index in [9.17, 15) is 24.8 Å². The molecule has 0 saturated carbocycles. The summed E-state index contributed by atoms with van der Waals surface area (Å²) in [6.07, 6.45) is 1.51. The minimum absolute atomic E-state index is 0.0117. The number of hydrogen-bond acceptors (Lipinski definition) is 7. The number of halogens is 2. The molecule has 0 atom stereocenters. The van der Waals surface area contributed by atoms with Gasteiger partial charge in [0.05, 0.1) is 27.9 Å². The quantitative estimate of drug-likeness (QED) is 0.273. The first kappa shape index (κ1) is 22.4. The zero-order chi connectivity index (χ0) is 23.9. The first-order valence-corrected chi connectivity index (χ1v) is 10.5. The normalized spacial score (nSPS) is 14.6. The van der Waals surface area contributed by atoms with Crippen LogP contribution in [-0.4, -0.2) is 22.5 Å². The number of anilines is 1. The Balaban J connectivity index is 1.63. The number of nitro groups is 1. The summed E-state index contributed by atoms with van der Waals surface area (Å²) in [6, 6.07) is 11.7. The molecular formula is C22H12BrClN3O6-. The van der Waals surface area contributed by atoms with Gasteiger partial charge in [-0.1, -0.05) is 11.6 Å². The lowest BCUT2D eigenvalue weighted by molar-refractivity contribution is -0.384. The molecular weight excluding hydrogens is 518 g/mol. The van der Waals surface area contributed by atoms with Crippen molar-refractivity contribution in [1.29, 1.82) is 0 Å². The number of carboxylic acids is 1. The Morgan fingerprint density at radius 1 is 1.21 bits per heavy atom. The van der Waals surface area contributed by atoms with Gasteiger partial charge in [-0.3, -0.25) is 14.9 Å². The van der Waals surface area contributed by atoms with Crippen molar-refractivity contribution in [2.45, 2.75) is 6.92 Å². The molecule has 1 aliphatic rings. The van der Waals surface area contributed by atoms with Gasteiger partial charge in [-0.05, 0) is 65.3 Å². The van der Waals surface area contributed by atoms with Crippen LogP contribution in [0.4, 0.5) is 11.4 Å². The van der Waals surface area contributed by atoms with Crippen LogP contribution >= 0.6 is 27.5 Å². The van der Waals surface area contributed by atoms with E-state index in [-0.39, 0.29) is 27.5 Å². The van der Waals surface area contributed by atoms with Gasteiger partial charge < -0.3 is 14.3 Å². The highest BCUT2D eigenvalue weighted by Crippen LogP contribution is 2.34. The highest BCUT2D eigenvalue weighted by atomic mass is 79.9. The van der Waals surface area contributed by atoms with E-state index in [4.69, 9.17) is 16.0 Å². The zero-order valence-corrected chi connectivity index (χ0v) is 19.1. The van der Waals surface area contributed by atoms with Gasteiger partial charge in [0, 0.05) is 32.8 Å². The summed E-state index contributed by atoms with van der Waals surface area (Å²) in [5.41, 5.74) is 1.17. The number of hydrazone groups is 1. The Hall–Kier alpha value is -3.76. The third-order valence-electron chi connectivity index (χ3n) is 4.82. The molecule has 0 spiro atoms. The number of hydrogen-bond donors (Lipinski definition) is 0. The molecule has 1 amide bonds. The molecule has 4 rings (SSSR count). The van der Waals surface area contributed by atoms with Crippen LogP contribution in [0.2, 0.25) is 5.02 Å². The van der Waals surface area contributed by atoms with E-state index in [1.54, 1.807) is 25.1 Å². The highest BCUT2D eigenvalue weighted by molar-refractivity contribution is 9.10. The predicted molar refractivity (Wildman–Crippen MR) is 123 cm³/mol. The summed E-state index contributed by atoms with van der Waals surface area (Å²) in [6.45, 7) is 1.64. The smallest absolute Gasteiger partial charge is 0.280 e. The molecule has 2 aromatic carbocycles. The maximum atomic E-state index is 13.0. The average Bonchev–Trinajstić information content (AvgIpc) is 3.34. The second kappa shape index (κ2) is 8.64. The van der Waals surface area contributed by atoms with E-state index in [0.717, 1.165) is 5.01 Å². The fourth-order valence-corrected chi connectivity index (χ4v) is 3.95. The van der Waals surface area contributed by atoms with Gasteiger partial charge in [-0.25, -0.2) is 0 Å². The highest BCUT2D eigenvalue weighted by Gasteiger charge is 2.29. The topological polar surface area (TPSA) is 129 Å². The summed E-state index contributed by atoms with van der Waals surface area (Å²) in [5, 5.41) is 27.4. The molecule has 0 aliphatic carbocycles. The van der Waals surface area contributed by atoms with E-state index in [1.165, 1.54) is 36.4 Å². The molecule has 3 aromatic rings. The summed E-state index contributed by atoms with van der Waals surface area (Å²) in [5.74, 6) is -1.14. The molecule has 0 radical (unpaired) electrons. The van der Waals surface area contributed by atoms with E-state index in [0.29, 0.717) is 27.3 Å². The van der Waals surface area contributed by atoms with Gasteiger partial charge in [0.15, 0.2) is 0 Å². The Bertz CT molecular complexity index is 1390. The number of carbonyl (C=O) groups is 2. The monoisotopic (exact) mass is 528 g/mol. The number of rotatable bonds is 5. The number of aromatic carboxylic acids is 1. The molecule has 2 heterocycles. The number of nitrogens with zero attached hydrogens (tertiary/aromatic N) is 3. The van der Waals surface area contributed by atoms with E-state index in [1.807, 2.05) is 0 Å². The summed E-state index contributed by atoms with van der Waals surface area (Å²) in [7, 11) is 0. The van der Waals surface area contributed by atoms with Crippen LogP contribution in [0.25, 0.3) is 17.4 Å². The lowest BCUT2D eigenvalue weighted by atomic mass is 10.1. The third kappa shape index (κ3) is 4.30. The van der Waals surface area contributed by atoms with Crippen molar-refractivity contribution in [3.63, 3.8) is 0 Å². The van der Waals surface area contributed by atoms with Crippen molar-refractivity contribution in [3.8, 4) is 11.3 Å².